The molecular weight excluding hydrogens is 472 g/mol. The molecule has 0 aromatic rings. The van der Waals surface area contributed by atoms with Crippen LogP contribution in [-0.2, 0) is 19.1 Å². The largest absolute Gasteiger partial charge is 0.465 e. The zero-order valence-corrected chi connectivity index (χ0v) is 25.3. The molecule has 2 rings (SSSR count). The van der Waals surface area contributed by atoms with Gasteiger partial charge in [0, 0.05) is 0 Å². The Hall–Kier alpha value is -1.06. The molecule has 0 heterocycles. The maximum atomic E-state index is 11.9. The van der Waals surface area contributed by atoms with E-state index < -0.39 is 0 Å². The smallest absolute Gasteiger partial charge is 0.308 e. The second-order valence-corrected chi connectivity index (χ2v) is 12.8. The topological polar surface area (TPSA) is 52.6 Å². The number of carbonyl (C=O) groups excluding carboxylic acids is 2. The third-order valence-electron chi connectivity index (χ3n) is 9.25. The van der Waals surface area contributed by atoms with Gasteiger partial charge in [-0.15, -0.1) is 0 Å². The van der Waals surface area contributed by atoms with Gasteiger partial charge in [0.2, 0.25) is 0 Å². The Morgan fingerprint density at radius 2 is 0.842 bits per heavy atom. The van der Waals surface area contributed by atoms with Crippen LogP contribution in [0, 0.1) is 23.7 Å². The fraction of sp³-hybridized carbons (Fsp3) is 0.941. The number of hydrogen-bond acceptors (Lipinski definition) is 4. The predicted molar refractivity (Wildman–Crippen MR) is 158 cm³/mol. The lowest BCUT2D eigenvalue weighted by Crippen LogP contribution is -2.15. The monoisotopic (exact) mass is 534 g/mol. The highest BCUT2D eigenvalue weighted by molar-refractivity contribution is 5.73. The molecule has 0 N–H and O–H groups in total. The van der Waals surface area contributed by atoms with Crippen molar-refractivity contribution in [1.29, 1.82) is 0 Å². The minimum absolute atomic E-state index is 0.0626. The van der Waals surface area contributed by atoms with E-state index in [2.05, 4.69) is 13.8 Å². The highest BCUT2D eigenvalue weighted by Gasteiger charge is 2.24. The van der Waals surface area contributed by atoms with Gasteiger partial charge in [0.05, 0.1) is 25.0 Å². The Labute approximate surface area is 235 Å². The molecule has 2 saturated carbocycles. The van der Waals surface area contributed by atoms with Crippen molar-refractivity contribution in [3.8, 4) is 0 Å². The van der Waals surface area contributed by atoms with Crippen molar-refractivity contribution in [2.24, 2.45) is 23.7 Å². The van der Waals surface area contributed by atoms with Crippen molar-refractivity contribution >= 4 is 11.9 Å². The van der Waals surface area contributed by atoms with Crippen LogP contribution in [-0.4, -0.2) is 25.2 Å². The first-order chi connectivity index (χ1) is 18.6. The van der Waals surface area contributed by atoms with Gasteiger partial charge in [-0.2, -0.15) is 0 Å². The number of ether oxygens (including phenoxy) is 2. The van der Waals surface area contributed by atoms with E-state index in [-0.39, 0.29) is 23.8 Å². The van der Waals surface area contributed by atoms with Gasteiger partial charge in [-0.05, 0) is 50.4 Å². The first-order valence-corrected chi connectivity index (χ1v) is 16.9. The van der Waals surface area contributed by atoms with Crippen molar-refractivity contribution in [2.75, 3.05) is 13.2 Å². The van der Waals surface area contributed by atoms with Gasteiger partial charge in [0.25, 0.3) is 0 Å². The summed E-state index contributed by atoms with van der Waals surface area (Å²) in [6.07, 6.45) is 29.6. The average molecular weight is 535 g/mol. The number of carbonyl (C=O) groups is 2. The first-order valence-electron chi connectivity index (χ1n) is 16.9. The minimum Gasteiger partial charge on any atom is -0.465 e. The molecule has 2 fully saturated rings. The molecule has 0 bridgehead atoms. The van der Waals surface area contributed by atoms with Gasteiger partial charge in [0.1, 0.15) is 0 Å². The summed E-state index contributed by atoms with van der Waals surface area (Å²) in [6.45, 7) is 6.07. The van der Waals surface area contributed by atoms with Gasteiger partial charge in [-0.3, -0.25) is 9.59 Å². The van der Waals surface area contributed by atoms with E-state index in [9.17, 15) is 9.59 Å². The molecule has 0 atom stereocenters. The second kappa shape index (κ2) is 21.7. The van der Waals surface area contributed by atoms with E-state index in [4.69, 9.17) is 9.47 Å². The van der Waals surface area contributed by atoms with Gasteiger partial charge < -0.3 is 9.47 Å². The lowest BCUT2D eigenvalue weighted by Gasteiger charge is -2.20. The van der Waals surface area contributed by atoms with Crippen LogP contribution in [0.1, 0.15) is 168 Å². The fourth-order valence-electron chi connectivity index (χ4n) is 6.50. The van der Waals surface area contributed by atoms with Crippen LogP contribution in [0.3, 0.4) is 0 Å². The molecule has 0 unspecified atom stereocenters. The molecule has 0 spiro atoms. The molecule has 0 aliphatic heterocycles. The molecule has 222 valence electrons. The first kappa shape index (κ1) is 33.1. The second-order valence-electron chi connectivity index (χ2n) is 12.8. The van der Waals surface area contributed by atoms with Crippen molar-refractivity contribution in [1.82, 2.24) is 0 Å². The third kappa shape index (κ3) is 15.5. The molecule has 0 saturated heterocycles. The lowest BCUT2D eigenvalue weighted by molar-refractivity contribution is -0.149. The van der Waals surface area contributed by atoms with Crippen molar-refractivity contribution in [2.45, 2.75) is 168 Å². The molecule has 0 aromatic carbocycles. The van der Waals surface area contributed by atoms with Crippen molar-refractivity contribution < 1.29 is 19.1 Å². The Kier molecular flexibility index (Phi) is 19.0. The zero-order valence-electron chi connectivity index (χ0n) is 25.3. The quantitative estimate of drug-likeness (QED) is 0.0966. The number of rotatable bonds is 23. The molecule has 2 aliphatic carbocycles. The lowest BCUT2D eigenvalue weighted by atomic mass is 9.85. The van der Waals surface area contributed by atoms with Gasteiger partial charge in [-0.1, -0.05) is 129 Å². The number of hydrogen-bond donors (Lipinski definition) is 0. The average Bonchev–Trinajstić information content (AvgIpc) is 3.64. The van der Waals surface area contributed by atoms with E-state index in [0.29, 0.717) is 13.2 Å². The van der Waals surface area contributed by atoms with Gasteiger partial charge >= 0.3 is 11.9 Å². The minimum atomic E-state index is 0.0626. The molecule has 38 heavy (non-hydrogen) atoms. The van der Waals surface area contributed by atoms with Crippen LogP contribution in [0.25, 0.3) is 0 Å². The standard InChI is InChI=1S/C34H62O4/c1-29(2)30(21-13-9-5-3-7-11-19-27-37-33(35)31-23-15-16-24-31)22-14-10-6-4-8-12-20-28-38-34(36)32-25-17-18-26-32/h29-32H,3-28H2,1-2H3. The third-order valence-corrected chi connectivity index (χ3v) is 9.25. The fourth-order valence-corrected chi connectivity index (χ4v) is 6.50. The summed E-state index contributed by atoms with van der Waals surface area (Å²) >= 11 is 0. The Balaban J connectivity index is 1.32. The summed E-state index contributed by atoms with van der Waals surface area (Å²) in [5.74, 6) is 2.21. The Morgan fingerprint density at radius 1 is 0.526 bits per heavy atom. The molecule has 0 radical (unpaired) electrons. The van der Waals surface area contributed by atoms with E-state index in [0.717, 1.165) is 50.4 Å². The summed E-state index contributed by atoms with van der Waals surface area (Å²) in [7, 11) is 0. The van der Waals surface area contributed by atoms with E-state index in [1.165, 1.54) is 116 Å². The molecule has 0 amide bonds. The Morgan fingerprint density at radius 3 is 1.18 bits per heavy atom. The van der Waals surface area contributed by atoms with Crippen LogP contribution in [0.15, 0.2) is 0 Å². The van der Waals surface area contributed by atoms with E-state index in [1.807, 2.05) is 0 Å². The zero-order chi connectivity index (χ0) is 27.3. The summed E-state index contributed by atoms with van der Waals surface area (Å²) < 4.78 is 10.9. The van der Waals surface area contributed by atoms with E-state index in [1.54, 1.807) is 0 Å². The van der Waals surface area contributed by atoms with Crippen LogP contribution < -0.4 is 0 Å². The molecule has 0 aromatic heterocycles. The van der Waals surface area contributed by atoms with Gasteiger partial charge in [0.15, 0.2) is 0 Å². The SMILES string of the molecule is CC(C)C(CCCCCCCCCOC(=O)C1CCCC1)CCCCCCCCCOC(=O)C1CCCC1. The summed E-state index contributed by atoms with van der Waals surface area (Å²) in [5, 5.41) is 0. The van der Waals surface area contributed by atoms with Crippen LogP contribution in [0.2, 0.25) is 0 Å². The normalized spacial score (nSPS) is 16.6. The number of unbranched alkanes of at least 4 members (excludes halogenated alkanes) is 12. The maximum absolute atomic E-state index is 11.9. The highest BCUT2D eigenvalue weighted by atomic mass is 16.5. The van der Waals surface area contributed by atoms with Crippen LogP contribution >= 0.6 is 0 Å². The summed E-state index contributed by atoms with van der Waals surface area (Å²) in [6, 6.07) is 0. The van der Waals surface area contributed by atoms with Crippen molar-refractivity contribution in [3.63, 3.8) is 0 Å². The molecular formula is C34H62O4. The molecule has 4 heteroatoms. The highest BCUT2D eigenvalue weighted by Crippen LogP contribution is 2.27. The summed E-state index contributed by atoms with van der Waals surface area (Å²) in [5.41, 5.74) is 0. The maximum Gasteiger partial charge on any atom is 0.308 e. The predicted octanol–water partition coefficient (Wildman–Crippen LogP) is 9.97. The Bertz CT molecular complexity index is 541. The van der Waals surface area contributed by atoms with Gasteiger partial charge in [-0.25, -0.2) is 0 Å². The van der Waals surface area contributed by atoms with Crippen LogP contribution in [0.5, 0.6) is 0 Å². The van der Waals surface area contributed by atoms with E-state index >= 15 is 0 Å². The molecule has 2 aliphatic rings. The number of esters is 2. The van der Waals surface area contributed by atoms with Crippen LogP contribution in [0.4, 0.5) is 0 Å². The summed E-state index contributed by atoms with van der Waals surface area (Å²) in [4.78, 5) is 23.9. The molecule has 4 nitrogen and oxygen atoms in total. The van der Waals surface area contributed by atoms with Crippen molar-refractivity contribution in [3.05, 3.63) is 0 Å².